The van der Waals surface area contributed by atoms with Gasteiger partial charge in [0.2, 0.25) is 0 Å². The summed E-state index contributed by atoms with van der Waals surface area (Å²) in [4.78, 5) is 0. The Balaban J connectivity index is 0.00000169. The molecule has 0 unspecified atom stereocenters. The van der Waals surface area contributed by atoms with Gasteiger partial charge in [-0.25, -0.2) is 0 Å². The third-order valence-corrected chi connectivity index (χ3v) is 1.87. The third-order valence-electron chi connectivity index (χ3n) is 1.87. The Morgan fingerprint density at radius 2 is 1.71 bits per heavy atom. The van der Waals surface area contributed by atoms with E-state index in [0.717, 1.165) is 12.0 Å². The molecule has 0 bridgehead atoms. The van der Waals surface area contributed by atoms with Crippen molar-refractivity contribution in [3.8, 4) is 0 Å². The molecule has 0 amide bonds. The molecule has 0 atom stereocenters. The fourth-order valence-electron chi connectivity index (χ4n) is 1.24. The minimum absolute atomic E-state index is 0. The van der Waals surface area contributed by atoms with E-state index in [1.807, 2.05) is 13.0 Å². The van der Waals surface area contributed by atoms with E-state index in [2.05, 4.69) is 0 Å². The van der Waals surface area contributed by atoms with Gasteiger partial charge in [-0.05, 0) is 12.0 Å². The Labute approximate surface area is 125 Å². The second kappa shape index (κ2) is 6.33. The van der Waals surface area contributed by atoms with Crippen LogP contribution in [0.4, 0.5) is 12.9 Å². The maximum atomic E-state index is 12.0. The van der Waals surface area contributed by atoms with Crippen LogP contribution in [0.15, 0.2) is 24.3 Å². The molecule has 1 rings (SSSR count). The molecule has 0 spiro atoms. The van der Waals surface area contributed by atoms with Crippen LogP contribution < -0.4 is 51.4 Å². The second-order valence-corrected chi connectivity index (χ2v) is 3.09. The van der Waals surface area contributed by atoms with Crippen molar-refractivity contribution in [1.82, 2.24) is 0 Å². The van der Waals surface area contributed by atoms with Crippen molar-refractivity contribution < 1.29 is 64.3 Å². The molecule has 72 valence electrons. The summed E-state index contributed by atoms with van der Waals surface area (Å²) in [7, 11) is 0. The zero-order valence-corrected chi connectivity index (χ0v) is 11.6. The molecule has 0 heterocycles. The maximum Gasteiger partial charge on any atom is 1.00 e. The first-order valence-electron chi connectivity index (χ1n) is 4.30. The van der Waals surface area contributed by atoms with Crippen molar-refractivity contribution in [3.63, 3.8) is 0 Å². The molecular weight excluding hydrogens is 215 g/mol. The Morgan fingerprint density at radius 1 is 1.14 bits per heavy atom. The van der Waals surface area contributed by atoms with E-state index in [1.165, 1.54) is 6.07 Å². The minimum atomic E-state index is -4.70. The average Bonchev–Trinajstić information content (AvgIpc) is 2.01. The van der Waals surface area contributed by atoms with E-state index in [9.17, 15) is 12.9 Å². The molecule has 0 saturated carbocycles. The van der Waals surface area contributed by atoms with Crippen molar-refractivity contribution in [2.75, 3.05) is 0 Å². The van der Waals surface area contributed by atoms with E-state index in [1.54, 1.807) is 12.1 Å². The monoisotopic (exact) mass is 226 g/mol. The van der Waals surface area contributed by atoms with Crippen LogP contribution in [0, 0.1) is 0 Å². The Morgan fingerprint density at radius 3 is 2.21 bits per heavy atom. The fourth-order valence-corrected chi connectivity index (χ4v) is 1.24. The van der Waals surface area contributed by atoms with Crippen LogP contribution in [0.1, 0.15) is 18.1 Å². The molecule has 0 saturated heterocycles. The van der Waals surface area contributed by atoms with Crippen molar-refractivity contribution in [1.29, 1.82) is 0 Å². The smallest absolute Gasteiger partial charge is 0.449 e. The molecule has 0 aliphatic carbocycles. The van der Waals surface area contributed by atoms with Crippen LogP contribution in [0.2, 0.25) is 0 Å². The van der Waals surface area contributed by atoms with Gasteiger partial charge in [-0.3, -0.25) is 0 Å². The standard InChI is InChI=1S/C9H11BF3.K/c1-2-8-4-3-5-9(6-8)7-10(11,12)13;/h3-6H,2,7H2,1H3;/q-1;+1. The molecule has 0 aliphatic heterocycles. The van der Waals surface area contributed by atoms with E-state index < -0.39 is 13.3 Å². The third kappa shape index (κ3) is 5.56. The molecule has 0 nitrogen and oxygen atoms in total. The van der Waals surface area contributed by atoms with Crippen LogP contribution >= 0.6 is 0 Å². The van der Waals surface area contributed by atoms with Gasteiger partial charge in [0.05, 0.1) is 0 Å². The van der Waals surface area contributed by atoms with Gasteiger partial charge in [-0.2, -0.15) is 0 Å². The molecular formula is C9H11BF3K. The molecule has 0 aliphatic rings. The normalized spacial score (nSPS) is 10.9. The van der Waals surface area contributed by atoms with E-state index in [0.29, 0.717) is 5.56 Å². The fraction of sp³-hybridized carbons (Fsp3) is 0.333. The first kappa shape index (κ1) is 14.7. The predicted octanol–water partition coefficient (Wildman–Crippen LogP) is 0.182. The van der Waals surface area contributed by atoms with E-state index >= 15 is 0 Å². The first-order valence-corrected chi connectivity index (χ1v) is 4.30. The summed E-state index contributed by atoms with van der Waals surface area (Å²) in [5, 5.41) is 0. The molecule has 0 radical (unpaired) electrons. The minimum Gasteiger partial charge on any atom is -0.449 e. The van der Waals surface area contributed by atoms with Gasteiger partial charge in [0, 0.05) is 0 Å². The molecule has 1 aromatic rings. The quantitative estimate of drug-likeness (QED) is 0.645. The summed E-state index contributed by atoms with van der Waals surface area (Å²) in [6, 6.07) is 6.66. The zero-order valence-electron chi connectivity index (χ0n) is 8.43. The number of benzene rings is 1. The van der Waals surface area contributed by atoms with E-state index in [4.69, 9.17) is 0 Å². The van der Waals surface area contributed by atoms with E-state index in [-0.39, 0.29) is 51.4 Å². The largest absolute Gasteiger partial charge is 1.00 e. The number of rotatable bonds is 3. The number of aryl methyl sites for hydroxylation is 1. The Hall–Kier alpha value is 0.711. The summed E-state index contributed by atoms with van der Waals surface area (Å²) in [6.07, 6.45) is 0.00649. The summed E-state index contributed by atoms with van der Waals surface area (Å²) in [6.45, 7) is -2.77. The molecule has 14 heavy (non-hydrogen) atoms. The van der Waals surface area contributed by atoms with Gasteiger partial charge in [-0.1, -0.05) is 43.1 Å². The predicted molar refractivity (Wildman–Crippen MR) is 48.6 cm³/mol. The average molecular weight is 226 g/mol. The zero-order chi connectivity index (χ0) is 9.90. The van der Waals surface area contributed by atoms with Crippen LogP contribution in [0.3, 0.4) is 0 Å². The Kier molecular flexibility index (Phi) is 6.65. The van der Waals surface area contributed by atoms with Crippen molar-refractivity contribution >= 4 is 6.98 Å². The molecule has 0 fully saturated rings. The number of hydrogen-bond donors (Lipinski definition) is 0. The SMILES string of the molecule is CCc1cccc(C[B-](F)(F)F)c1.[K+]. The molecule has 5 heteroatoms. The van der Waals surface area contributed by atoms with Gasteiger partial charge in [-0.15, -0.1) is 0 Å². The van der Waals surface area contributed by atoms with Crippen LogP contribution in [0.5, 0.6) is 0 Å². The van der Waals surface area contributed by atoms with Crippen molar-refractivity contribution in [2.45, 2.75) is 19.7 Å². The van der Waals surface area contributed by atoms with Crippen molar-refractivity contribution in [2.24, 2.45) is 0 Å². The summed E-state index contributed by atoms with van der Waals surface area (Å²) in [5.74, 6) is 0. The summed E-state index contributed by atoms with van der Waals surface area (Å²) in [5.41, 5.74) is 1.32. The number of halogens is 3. The molecule has 0 N–H and O–H groups in total. The maximum absolute atomic E-state index is 12.0. The Bertz CT molecular complexity index is 286. The molecule has 1 aromatic carbocycles. The van der Waals surface area contributed by atoms with Gasteiger partial charge >= 0.3 is 58.4 Å². The van der Waals surface area contributed by atoms with Crippen LogP contribution in [0.25, 0.3) is 0 Å². The first-order chi connectivity index (χ1) is 6.01. The second-order valence-electron chi connectivity index (χ2n) is 3.09. The van der Waals surface area contributed by atoms with Gasteiger partial charge < -0.3 is 12.9 Å². The van der Waals surface area contributed by atoms with Gasteiger partial charge in [0.15, 0.2) is 0 Å². The van der Waals surface area contributed by atoms with Crippen molar-refractivity contribution in [3.05, 3.63) is 35.4 Å². The topological polar surface area (TPSA) is 0 Å². The number of hydrogen-bond acceptors (Lipinski definition) is 0. The summed E-state index contributed by atoms with van der Waals surface area (Å²) < 4.78 is 36.1. The van der Waals surface area contributed by atoms with Crippen LogP contribution in [-0.2, 0) is 12.7 Å². The van der Waals surface area contributed by atoms with Gasteiger partial charge in [0.1, 0.15) is 0 Å². The molecule has 0 aromatic heterocycles. The van der Waals surface area contributed by atoms with Crippen LogP contribution in [-0.4, -0.2) is 6.98 Å². The van der Waals surface area contributed by atoms with Gasteiger partial charge in [0.25, 0.3) is 0 Å². The summed E-state index contributed by atoms with van der Waals surface area (Å²) >= 11 is 0.